The van der Waals surface area contributed by atoms with Gasteiger partial charge in [0.15, 0.2) is 5.11 Å². The van der Waals surface area contributed by atoms with Crippen molar-refractivity contribution in [2.45, 2.75) is 6.92 Å². The summed E-state index contributed by atoms with van der Waals surface area (Å²) >= 11 is 10.7. The fourth-order valence-corrected chi connectivity index (χ4v) is 1.13. The largest absolute Gasteiger partial charge is 0.332 e. The first-order valence-electron chi connectivity index (χ1n) is 3.67. The minimum absolute atomic E-state index is 0.377. The van der Waals surface area contributed by atoms with Gasteiger partial charge in [-0.2, -0.15) is 0 Å². The molecule has 0 bridgehead atoms. The van der Waals surface area contributed by atoms with E-state index >= 15 is 0 Å². The van der Waals surface area contributed by atoms with Crippen molar-refractivity contribution < 1.29 is 0 Å². The molecular weight excluding hydrogens is 206 g/mol. The molecule has 0 unspecified atom stereocenters. The third-order valence-corrected chi connectivity index (χ3v) is 2.19. The maximum absolute atomic E-state index is 5.85. The number of thiocarbonyl (C=S) groups is 1. The monoisotopic (exact) mass is 215 g/mol. The molecule has 0 aliphatic heterocycles. The van der Waals surface area contributed by atoms with Crippen molar-refractivity contribution in [1.29, 1.82) is 0 Å². The average molecular weight is 216 g/mol. The minimum atomic E-state index is 0.377. The Balaban J connectivity index is 2.79. The first-order chi connectivity index (χ1) is 6.13. The Morgan fingerprint density at radius 3 is 2.77 bits per heavy atom. The predicted octanol–water partition coefficient (Wildman–Crippen LogP) is 1.81. The molecule has 0 spiro atoms. The molecule has 13 heavy (non-hydrogen) atoms. The van der Waals surface area contributed by atoms with E-state index in [4.69, 9.17) is 29.7 Å². The maximum Gasteiger partial charge on any atom is 0.185 e. The summed E-state index contributed by atoms with van der Waals surface area (Å²) in [5.74, 6) is 5.11. The molecule has 1 rings (SSSR count). The summed E-state index contributed by atoms with van der Waals surface area (Å²) in [5, 5.41) is 4.01. The molecule has 0 aliphatic carbocycles. The van der Waals surface area contributed by atoms with Gasteiger partial charge in [-0.25, -0.2) is 5.84 Å². The molecule has 0 saturated heterocycles. The Morgan fingerprint density at radius 1 is 1.54 bits per heavy atom. The van der Waals surface area contributed by atoms with E-state index in [1.165, 1.54) is 0 Å². The lowest BCUT2D eigenvalue weighted by molar-refractivity contribution is 1.04. The summed E-state index contributed by atoms with van der Waals surface area (Å²) < 4.78 is 0. The van der Waals surface area contributed by atoms with E-state index in [0.717, 1.165) is 16.3 Å². The normalized spacial score (nSPS) is 9.46. The molecular formula is C8H10ClN3S. The Morgan fingerprint density at radius 2 is 2.23 bits per heavy atom. The SMILES string of the molecule is Cc1cc(NC(=S)NN)ccc1Cl. The van der Waals surface area contributed by atoms with Crippen LogP contribution < -0.4 is 16.6 Å². The van der Waals surface area contributed by atoms with E-state index < -0.39 is 0 Å². The van der Waals surface area contributed by atoms with Gasteiger partial charge in [0.05, 0.1) is 0 Å². The number of hydrogen-bond acceptors (Lipinski definition) is 2. The third-order valence-electron chi connectivity index (χ3n) is 1.55. The summed E-state index contributed by atoms with van der Waals surface area (Å²) in [6.07, 6.45) is 0. The fraction of sp³-hybridized carbons (Fsp3) is 0.125. The molecule has 0 fully saturated rings. The lowest BCUT2D eigenvalue weighted by Crippen LogP contribution is -2.34. The predicted molar refractivity (Wildman–Crippen MR) is 59.7 cm³/mol. The van der Waals surface area contributed by atoms with Gasteiger partial charge in [0.1, 0.15) is 0 Å². The van der Waals surface area contributed by atoms with Crippen molar-refractivity contribution in [2.24, 2.45) is 5.84 Å². The van der Waals surface area contributed by atoms with E-state index in [-0.39, 0.29) is 0 Å². The van der Waals surface area contributed by atoms with E-state index in [1.807, 2.05) is 19.1 Å². The van der Waals surface area contributed by atoms with Gasteiger partial charge in [0, 0.05) is 10.7 Å². The van der Waals surface area contributed by atoms with Crippen molar-refractivity contribution in [3.63, 3.8) is 0 Å². The number of rotatable bonds is 1. The zero-order chi connectivity index (χ0) is 9.84. The highest BCUT2D eigenvalue weighted by molar-refractivity contribution is 7.80. The molecule has 0 amide bonds. The van der Waals surface area contributed by atoms with Crippen molar-refractivity contribution in [3.8, 4) is 0 Å². The number of halogens is 1. The number of nitrogens with one attached hydrogen (secondary N) is 2. The average Bonchev–Trinajstić information content (AvgIpc) is 2.11. The second kappa shape index (κ2) is 4.41. The first-order valence-corrected chi connectivity index (χ1v) is 4.46. The molecule has 1 aromatic rings. The molecule has 70 valence electrons. The van der Waals surface area contributed by atoms with Crippen LogP contribution in [0.5, 0.6) is 0 Å². The number of hydrogen-bond donors (Lipinski definition) is 3. The summed E-state index contributed by atoms with van der Waals surface area (Å²) in [4.78, 5) is 0. The van der Waals surface area contributed by atoms with Gasteiger partial charge in [-0.3, -0.25) is 0 Å². The zero-order valence-electron chi connectivity index (χ0n) is 7.10. The topological polar surface area (TPSA) is 50.1 Å². The standard InChI is InChI=1S/C8H10ClN3S/c1-5-4-6(2-3-7(5)9)11-8(13)12-10/h2-4H,10H2,1H3,(H2,11,12,13). The number of hydrazine groups is 1. The first kappa shape index (κ1) is 10.2. The molecule has 0 aliphatic rings. The van der Waals surface area contributed by atoms with Crippen LogP contribution in [-0.2, 0) is 0 Å². The van der Waals surface area contributed by atoms with Crippen molar-refractivity contribution in [2.75, 3.05) is 5.32 Å². The van der Waals surface area contributed by atoms with E-state index in [2.05, 4.69) is 10.7 Å². The van der Waals surface area contributed by atoms with E-state index in [1.54, 1.807) is 6.07 Å². The van der Waals surface area contributed by atoms with Crippen LogP contribution in [0, 0.1) is 6.92 Å². The molecule has 5 heteroatoms. The van der Waals surface area contributed by atoms with Gasteiger partial charge in [-0.15, -0.1) is 0 Å². The summed E-state index contributed by atoms with van der Waals surface area (Å²) in [6, 6.07) is 5.53. The maximum atomic E-state index is 5.85. The molecule has 0 saturated carbocycles. The Bertz CT molecular complexity index is 327. The quantitative estimate of drug-likeness (QED) is 0.380. The van der Waals surface area contributed by atoms with Crippen molar-refractivity contribution >= 4 is 34.6 Å². The van der Waals surface area contributed by atoms with Gasteiger partial charge in [-0.1, -0.05) is 11.6 Å². The van der Waals surface area contributed by atoms with Crippen LogP contribution >= 0.6 is 23.8 Å². The lowest BCUT2D eigenvalue weighted by atomic mass is 10.2. The van der Waals surface area contributed by atoms with Gasteiger partial charge in [0.25, 0.3) is 0 Å². The number of aryl methyl sites for hydroxylation is 1. The molecule has 4 N–H and O–H groups in total. The minimum Gasteiger partial charge on any atom is -0.332 e. The van der Waals surface area contributed by atoms with Gasteiger partial charge < -0.3 is 10.7 Å². The highest BCUT2D eigenvalue weighted by Gasteiger charge is 1.98. The molecule has 0 aromatic heterocycles. The molecule has 3 nitrogen and oxygen atoms in total. The number of benzene rings is 1. The third kappa shape index (κ3) is 2.84. The van der Waals surface area contributed by atoms with Gasteiger partial charge in [-0.05, 0) is 42.9 Å². The smallest absolute Gasteiger partial charge is 0.185 e. The summed E-state index contributed by atoms with van der Waals surface area (Å²) in [6.45, 7) is 1.92. The van der Waals surface area contributed by atoms with Crippen molar-refractivity contribution in [3.05, 3.63) is 28.8 Å². The molecule has 0 heterocycles. The number of nitrogens with two attached hydrogens (primary N) is 1. The van der Waals surface area contributed by atoms with Crippen LogP contribution in [0.15, 0.2) is 18.2 Å². The summed E-state index contributed by atoms with van der Waals surface area (Å²) in [5.41, 5.74) is 4.19. The lowest BCUT2D eigenvalue weighted by Gasteiger charge is -2.07. The van der Waals surface area contributed by atoms with Crippen LogP contribution in [0.4, 0.5) is 5.69 Å². The Labute approximate surface area is 87.2 Å². The Hall–Kier alpha value is -0.840. The second-order valence-electron chi connectivity index (χ2n) is 2.56. The van der Waals surface area contributed by atoms with Gasteiger partial charge >= 0.3 is 0 Å². The van der Waals surface area contributed by atoms with Crippen LogP contribution in [0.1, 0.15) is 5.56 Å². The fourth-order valence-electron chi connectivity index (χ4n) is 0.890. The Kier molecular flexibility index (Phi) is 3.48. The van der Waals surface area contributed by atoms with Crippen LogP contribution in [0.25, 0.3) is 0 Å². The van der Waals surface area contributed by atoms with Crippen LogP contribution in [0.2, 0.25) is 5.02 Å². The highest BCUT2D eigenvalue weighted by atomic mass is 35.5. The van der Waals surface area contributed by atoms with Crippen molar-refractivity contribution in [1.82, 2.24) is 5.43 Å². The molecule has 0 radical (unpaired) electrons. The van der Waals surface area contributed by atoms with Crippen LogP contribution in [-0.4, -0.2) is 5.11 Å². The highest BCUT2D eigenvalue weighted by Crippen LogP contribution is 2.19. The summed E-state index contributed by atoms with van der Waals surface area (Å²) in [7, 11) is 0. The van der Waals surface area contributed by atoms with E-state index in [9.17, 15) is 0 Å². The van der Waals surface area contributed by atoms with Gasteiger partial charge in [0.2, 0.25) is 0 Å². The number of anilines is 1. The van der Waals surface area contributed by atoms with Crippen LogP contribution in [0.3, 0.4) is 0 Å². The van der Waals surface area contributed by atoms with E-state index in [0.29, 0.717) is 5.11 Å². The zero-order valence-corrected chi connectivity index (χ0v) is 8.67. The molecule has 0 atom stereocenters. The second-order valence-corrected chi connectivity index (χ2v) is 3.38. The molecule has 1 aromatic carbocycles.